The minimum Gasteiger partial charge on any atom is -0.462 e. The molecule has 1 aromatic heterocycles. The van der Waals surface area contributed by atoms with Gasteiger partial charge in [-0.3, -0.25) is 4.98 Å². The molecule has 0 spiro atoms. The van der Waals surface area contributed by atoms with Gasteiger partial charge in [-0.05, 0) is 26.8 Å². The number of benzene rings is 1. The number of carbonyl (C=O) groups is 1. The fourth-order valence-electron chi connectivity index (χ4n) is 3.03. The number of anilines is 1. The Morgan fingerprint density at radius 2 is 2.17 bits per heavy atom. The van der Waals surface area contributed by atoms with Crippen molar-refractivity contribution in [3.8, 4) is 0 Å². The van der Waals surface area contributed by atoms with E-state index in [9.17, 15) is 4.79 Å². The van der Waals surface area contributed by atoms with Crippen LogP contribution in [0.3, 0.4) is 0 Å². The van der Waals surface area contributed by atoms with Gasteiger partial charge in [0.2, 0.25) is 0 Å². The average Bonchev–Trinajstić information content (AvgIpc) is 2.53. The third kappa shape index (κ3) is 3.15. The summed E-state index contributed by atoms with van der Waals surface area (Å²) in [4.78, 5) is 19.0. The highest BCUT2D eigenvalue weighted by atomic mass is 16.5. The fourth-order valence-corrected chi connectivity index (χ4v) is 3.03. The number of hydrogen-bond acceptors (Lipinski definition) is 5. The van der Waals surface area contributed by atoms with E-state index in [1.165, 1.54) is 0 Å². The van der Waals surface area contributed by atoms with E-state index < -0.39 is 0 Å². The van der Waals surface area contributed by atoms with Crippen LogP contribution in [0.15, 0.2) is 30.5 Å². The molecule has 1 fully saturated rings. The number of nitrogens with zero attached hydrogens (tertiary/aromatic N) is 2. The van der Waals surface area contributed by atoms with Crippen LogP contribution in [-0.2, 0) is 9.47 Å². The molecule has 1 aliphatic heterocycles. The van der Waals surface area contributed by atoms with Gasteiger partial charge in [0.1, 0.15) is 5.56 Å². The van der Waals surface area contributed by atoms with Crippen LogP contribution in [0.1, 0.15) is 31.1 Å². The smallest absolute Gasteiger partial charge is 0.341 e. The predicted molar refractivity (Wildman–Crippen MR) is 89.9 cm³/mol. The zero-order valence-corrected chi connectivity index (χ0v) is 13.8. The van der Waals surface area contributed by atoms with E-state index in [4.69, 9.17) is 9.47 Å². The Hall–Kier alpha value is -2.14. The molecule has 1 aliphatic rings. The molecule has 3 rings (SSSR count). The van der Waals surface area contributed by atoms with Gasteiger partial charge < -0.3 is 14.4 Å². The lowest BCUT2D eigenvalue weighted by Gasteiger charge is -2.40. The molecule has 0 unspecified atom stereocenters. The maximum atomic E-state index is 12.4. The zero-order valence-electron chi connectivity index (χ0n) is 13.8. The molecule has 5 heteroatoms. The zero-order chi connectivity index (χ0) is 16.4. The third-order valence-electron chi connectivity index (χ3n) is 3.98. The molecule has 23 heavy (non-hydrogen) atoms. The number of rotatable bonds is 3. The highest BCUT2D eigenvalue weighted by Crippen LogP contribution is 2.33. The first-order valence-electron chi connectivity index (χ1n) is 7.95. The first-order valence-corrected chi connectivity index (χ1v) is 7.95. The van der Waals surface area contributed by atoms with Crippen molar-refractivity contribution in [1.82, 2.24) is 4.98 Å². The highest BCUT2D eigenvalue weighted by Gasteiger charge is 2.30. The van der Waals surface area contributed by atoms with Gasteiger partial charge in [0.15, 0.2) is 0 Å². The molecule has 1 aromatic carbocycles. The maximum Gasteiger partial charge on any atom is 0.341 e. The van der Waals surface area contributed by atoms with Crippen molar-refractivity contribution in [2.24, 2.45) is 0 Å². The minimum atomic E-state index is -0.329. The Morgan fingerprint density at radius 3 is 2.91 bits per heavy atom. The Bertz CT molecular complexity index is 727. The van der Waals surface area contributed by atoms with Gasteiger partial charge in [-0.2, -0.15) is 0 Å². The Morgan fingerprint density at radius 1 is 1.39 bits per heavy atom. The third-order valence-corrected chi connectivity index (χ3v) is 3.98. The number of ether oxygens (including phenoxy) is 2. The summed E-state index contributed by atoms with van der Waals surface area (Å²) in [6.45, 7) is 8.37. The normalized spacial score (nSPS) is 17.3. The van der Waals surface area contributed by atoms with Crippen LogP contribution in [0.4, 0.5) is 5.69 Å². The van der Waals surface area contributed by atoms with Crippen molar-refractivity contribution in [3.63, 3.8) is 0 Å². The van der Waals surface area contributed by atoms with Crippen LogP contribution < -0.4 is 4.90 Å². The van der Waals surface area contributed by atoms with Crippen molar-refractivity contribution in [2.75, 3.05) is 31.2 Å². The Balaban J connectivity index is 2.14. The van der Waals surface area contributed by atoms with E-state index >= 15 is 0 Å². The first-order chi connectivity index (χ1) is 11.0. The van der Waals surface area contributed by atoms with Crippen LogP contribution in [-0.4, -0.2) is 42.9 Å². The molecule has 0 aliphatic carbocycles. The van der Waals surface area contributed by atoms with Crippen LogP contribution in [0.2, 0.25) is 0 Å². The van der Waals surface area contributed by atoms with Gasteiger partial charge in [0.05, 0.1) is 30.0 Å². The van der Waals surface area contributed by atoms with E-state index in [0.29, 0.717) is 25.3 Å². The number of morpholine rings is 1. The Labute approximate surface area is 136 Å². The van der Waals surface area contributed by atoms with E-state index in [0.717, 1.165) is 23.1 Å². The van der Waals surface area contributed by atoms with Crippen LogP contribution in [0, 0.1) is 0 Å². The average molecular weight is 314 g/mol. The molecule has 1 saturated heterocycles. The van der Waals surface area contributed by atoms with Gasteiger partial charge in [-0.25, -0.2) is 4.79 Å². The summed E-state index contributed by atoms with van der Waals surface area (Å²) >= 11 is 0. The summed E-state index contributed by atoms with van der Waals surface area (Å²) in [6, 6.07) is 7.88. The highest BCUT2D eigenvalue weighted by molar-refractivity contribution is 6.05. The lowest BCUT2D eigenvalue weighted by Crippen LogP contribution is -2.48. The van der Waals surface area contributed by atoms with E-state index in [1.807, 2.05) is 31.2 Å². The largest absolute Gasteiger partial charge is 0.462 e. The molecule has 2 heterocycles. The van der Waals surface area contributed by atoms with Gasteiger partial charge >= 0.3 is 5.97 Å². The van der Waals surface area contributed by atoms with E-state index in [2.05, 4.69) is 23.7 Å². The molecule has 0 bridgehead atoms. The van der Waals surface area contributed by atoms with Crippen molar-refractivity contribution >= 4 is 22.6 Å². The fraction of sp³-hybridized carbons (Fsp3) is 0.444. The summed E-state index contributed by atoms with van der Waals surface area (Å²) in [5.74, 6) is -0.329. The standard InChI is InChI=1S/C18H22N2O3/c1-4-22-17(21)14-11-19-15-8-6-5-7-13(15)16(14)20-9-10-23-18(2,3)12-20/h5-8,11H,4,9-10,12H2,1-3H3. The van der Waals surface area contributed by atoms with Gasteiger partial charge in [0, 0.05) is 24.7 Å². The summed E-state index contributed by atoms with van der Waals surface area (Å²) in [5, 5.41) is 0.968. The molecule has 0 N–H and O–H groups in total. The number of hydrogen-bond donors (Lipinski definition) is 0. The lowest BCUT2D eigenvalue weighted by atomic mass is 10.0. The first kappa shape index (κ1) is 15.7. The number of para-hydroxylation sites is 1. The van der Waals surface area contributed by atoms with Crippen LogP contribution in [0.5, 0.6) is 0 Å². The quantitative estimate of drug-likeness (QED) is 0.815. The van der Waals surface area contributed by atoms with Gasteiger partial charge in [-0.15, -0.1) is 0 Å². The SMILES string of the molecule is CCOC(=O)c1cnc2ccccc2c1N1CCOC(C)(C)C1. The van der Waals surface area contributed by atoms with Crippen molar-refractivity contribution in [2.45, 2.75) is 26.4 Å². The second kappa shape index (κ2) is 6.16. The number of fused-ring (bicyclic) bond motifs is 1. The van der Waals surface area contributed by atoms with Crippen LogP contribution >= 0.6 is 0 Å². The summed E-state index contributed by atoms with van der Waals surface area (Å²) in [6.07, 6.45) is 1.62. The number of pyridine rings is 1. The van der Waals surface area contributed by atoms with Crippen molar-refractivity contribution in [1.29, 1.82) is 0 Å². The van der Waals surface area contributed by atoms with Gasteiger partial charge in [0.25, 0.3) is 0 Å². The molecular weight excluding hydrogens is 292 g/mol. The molecular formula is C18H22N2O3. The molecule has 0 amide bonds. The number of esters is 1. The monoisotopic (exact) mass is 314 g/mol. The summed E-state index contributed by atoms with van der Waals surface area (Å²) in [5.41, 5.74) is 2.03. The van der Waals surface area contributed by atoms with Gasteiger partial charge in [-0.1, -0.05) is 18.2 Å². The topological polar surface area (TPSA) is 51.7 Å². The van der Waals surface area contributed by atoms with Crippen LogP contribution in [0.25, 0.3) is 10.9 Å². The predicted octanol–water partition coefficient (Wildman–Crippen LogP) is 3.03. The molecule has 0 saturated carbocycles. The molecule has 2 aromatic rings. The molecule has 5 nitrogen and oxygen atoms in total. The van der Waals surface area contributed by atoms with E-state index in [-0.39, 0.29) is 11.6 Å². The lowest BCUT2D eigenvalue weighted by molar-refractivity contribution is -0.0277. The maximum absolute atomic E-state index is 12.4. The minimum absolute atomic E-state index is 0.255. The number of carbonyl (C=O) groups excluding carboxylic acids is 1. The van der Waals surface area contributed by atoms with Crippen molar-refractivity contribution in [3.05, 3.63) is 36.0 Å². The second-order valence-electron chi connectivity index (χ2n) is 6.29. The summed E-state index contributed by atoms with van der Waals surface area (Å²) in [7, 11) is 0. The van der Waals surface area contributed by atoms with E-state index in [1.54, 1.807) is 6.20 Å². The Kier molecular flexibility index (Phi) is 4.22. The summed E-state index contributed by atoms with van der Waals surface area (Å²) < 4.78 is 11.0. The van der Waals surface area contributed by atoms with Crippen molar-refractivity contribution < 1.29 is 14.3 Å². The number of aromatic nitrogens is 1. The molecule has 0 atom stereocenters. The second-order valence-corrected chi connectivity index (χ2v) is 6.29. The molecule has 0 radical (unpaired) electrons. The molecule has 122 valence electrons.